The molecule has 3 heteroatoms. The van der Waals surface area contributed by atoms with E-state index >= 15 is 0 Å². The molecule has 0 unspecified atom stereocenters. The van der Waals surface area contributed by atoms with Crippen LogP contribution in [0.3, 0.4) is 0 Å². The van der Waals surface area contributed by atoms with Gasteiger partial charge in [0.05, 0.1) is 7.11 Å². The molecule has 0 saturated heterocycles. The molecule has 0 saturated carbocycles. The third-order valence-electron chi connectivity index (χ3n) is 1.68. The molecule has 0 atom stereocenters. The molecular weight excluding hydrogens is 212 g/mol. The molecule has 78 valence electrons. The molecule has 0 fully saturated rings. The summed E-state index contributed by atoms with van der Waals surface area (Å²) >= 11 is 5.80. The van der Waals surface area contributed by atoms with E-state index < -0.39 is 0 Å². The van der Waals surface area contributed by atoms with Crippen LogP contribution in [0.4, 0.5) is 0 Å². The first-order valence-electron chi connectivity index (χ1n) is 4.40. The van der Waals surface area contributed by atoms with Crippen LogP contribution in [0.25, 0.3) is 6.08 Å². The second-order valence-corrected chi connectivity index (χ2v) is 3.23. The SMILES string of the molecule is COC(=O)/C=C\C=C\c1cccc(Cl)c1. The van der Waals surface area contributed by atoms with Crippen LogP contribution in [0.1, 0.15) is 5.56 Å². The smallest absolute Gasteiger partial charge is 0.330 e. The van der Waals surface area contributed by atoms with E-state index in [1.807, 2.05) is 30.3 Å². The molecule has 0 aliphatic carbocycles. The number of carbonyl (C=O) groups excluding carboxylic acids is 1. The molecule has 0 heterocycles. The maximum Gasteiger partial charge on any atom is 0.330 e. The second-order valence-electron chi connectivity index (χ2n) is 2.80. The largest absolute Gasteiger partial charge is 0.466 e. The van der Waals surface area contributed by atoms with Crippen molar-refractivity contribution in [2.75, 3.05) is 7.11 Å². The highest BCUT2D eigenvalue weighted by molar-refractivity contribution is 6.30. The van der Waals surface area contributed by atoms with E-state index in [0.29, 0.717) is 5.02 Å². The number of methoxy groups -OCH3 is 1. The van der Waals surface area contributed by atoms with Crippen LogP contribution in [-0.4, -0.2) is 13.1 Å². The van der Waals surface area contributed by atoms with E-state index in [1.54, 1.807) is 12.2 Å². The predicted molar refractivity (Wildman–Crippen MR) is 61.6 cm³/mol. The van der Waals surface area contributed by atoms with Gasteiger partial charge in [-0.25, -0.2) is 4.79 Å². The van der Waals surface area contributed by atoms with Gasteiger partial charge in [-0.05, 0) is 17.7 Å². The molecule has 0 aromatic heterocycles. The van der Waals surface area contributed by atoms with E-state index in [0.717, 1.165) is 5.56 Å². The predicted octanol–water partition coefficient (Wildman–Crippen LogP) is 3.08. The van der Waals surface area contributed by atoms with Crippen LogP contribution in [0.2, 0.25) is 5.02 Å². The van der Waals surface area contributed by atoms with Gasteiger partial charge in [0, 0.05) is 11.1 Å². The van der Waals surface area contributed by atoms with Gasteiger partial charge < -0.3 is 4.74 Å². The summed E-state index contributed by atoms with van der Waals surface area (Å²) < 4.78 is 4.44. The van der Waals surface area contributed by atoms with Gasteiger partial charge in [0.25, 0.3) is 0 Å². The van der Waals surface area contributed by atoms with Crippen molar-refractivity contribution >= 4 is 23.6 Å². The lowest BCUT2D eigenvalue weighted by molar-refractivity contribution is -0.134. The van der Waals surface area contributed by atoms with E-state index in [9.17, 15) is 4.79 Å². The van der Waals surface area contributed by atoms with Gasteiger partial charge in [-0.3, -0.25) is 0 Å². The minimum absolute atomic E-state index is 0.370. The number of esters is 1. The monoisotopic (exact) mass is 222 g/mol. The highest BCUT2D eigenvalue weighted by Gasteiger charge is 1.88. The molecule has 0 N–H and O–H groups in total. The Labute approximate surface area is 93.8 Å². The molecule has 1 rings (SSSR count). The van der Waals surface area contributed by atoms with Gasteiger partial charge in [-0.15, -0.1) is 0 Å². The molecule has 15 heavy (non-hydrogen) atoms. The summed E-state index contributed by atoms with van der Waals surface area (Å²) in [7, 11) is 1.34. The molecule has 0 aliphatic heterocycles. The van der Waals surface area contributed by atoms with E-state index in [-0.39, 0.29) is 5.97 Å². The van der Waals surface area contributed by atoms with Crippen LogP contribution >= 0.6 is 11.6 Å². The van der Waals surface area contributed by atoms with Gasteiger partial charge in [-0.2, -0.15) is 0 Å². The maximum absolute atomic E-state index is 10.7. The summed E-state index contributed by atoms with van der Waals surface area (Å²) in [5, 5.41) is 0.689. The summed E-state index contributed by atoms with van der Waals surface area (Å²) in [6, 6.07) is 7.44. The molecular formula is C12H11ClO2. The normalized spacial score (nSPS) is 11.1. The summed E-state index contributed by atoms with van der Waals surface area (Å²) in [5.74, 6) is -0.370. The van der Waals surface area contributed by atoms with Crippen LogP contribution in [0.15, 0.2) is 42.5 Å². The Kier molecular flexibility index (Phi) is 4.64. The minimum Gasteiger partial charge on any atom is -0.466 e. The maximum atomic E-state index is 10.7. The van der Waals surface area contributed by atoms with Crippen molar-refractivity contribution in [2.45, 2.75) is 0 Å². The van der Waals surface area contributed by atoms with E-state index in [2.05, 4.69) is 4.74 Å². The van der Waals surface area contributed by atoms with Crippen molar-refractivity contribution in [3.63, 3.8) is 0 Å². The summed E-state index contributed by atoms with van der Waals surface area (Å²) in [4.78, 5) is 10.7. The lowest BCUT2D eigenvalue weighted by Gasteiger charge is -1.92. The topological polar surface area (TPSA) is 26.3 Å². The second kappa shape index (κ2) is 6.04. The highest BCUT2D eigenvalue weighted by Crippen LogP contribution is 2.11. The first-order valence-corrected chi connectivity index (χ1v) is 4.78. The molecule has 0 bridgehead atoms. The Morgan fingerprint density at radius 2 is 2.20 bits per heavy atom. The summed E-state index contributed by atoms with van der Waals surface area (Å²) in [6.07, 6.45) is 6.57. The van der Waals surface area contributed by atoms with Gasteiger partial charge in [-0.1, -0.05) is 42.0 Å². The number of hydrogen-bond donors (Lipinski definition) is 0. The van der Waals surface area contributed by atoms with Crippen molar-refractivity contribution in [3.8, 4) is 0 Å². The van der Waals surface area contributed by atoms with Crippen molar-refractivity contribution in [1.29, 1.82) is 0 Å². The average Bonchev–Trinajstić information content (AvgIpc) is 2.24. The lowest BCUT2D eigenvalue weighted by atomic mass is 10.2. The quantitative estimate of drug-likeness (QED) is 0.446. The van der Waals surface area contributed by atoms with Crippen molar-refractivity contribution in [3.05, 3.63) is 53.1 Å². The molecule has 2 nitrogen and oxygen atoms in total. The number of allylic oxidation sites excluding steroid dienone is 2. The number of halogens is 1. The molecule has 0 spiro atoms. The molecule has 0 aliphatic rings. The Bertz CT molecular complexity index is 394. The summed E-state index contributed by atoms with van der Waals surface area (Å²) in [5.41, 5.74) is 0.983. The van der Waals surface area contributed by atoms with Gasteiger partial charge in [0.1, 0.15) is 0 Å². The Balaban J connectivity index is 2.59. The van der Waals surface area contributed by atoms with E-state index in [1.165, 1.54) is 13.2 Å². The fourth-order valence-corrected chi connectivity index (χ4v) is 1.18. The Hall–Kier alpha value is -1.54. The first-order chi connectivity index (χ1) is 7.22. The number of hydrogen-bond acceptors (Lipinski definition) is 2. The standard InChI is InChI=1S/C12H11ClO2/c1-15-12(14)8-3-2-5-10-6-4-7-11(13)9-10/h2-9H,1H3/b5-2+,8-3-. The van der Waals surface area contributed by atoms with Crippen molar-refractivity contribution < 1.29 is 9.53 Å². The van der Waals surface area contributed by atoms with E-state index in [4.69, 9.17) is 11.6 Å². The van der Waals surface area contributed by atoms with Crippen LogP contribution < -0.4 is 0 Å². The Morgan fingerprint density at radius 3 is 2.87 bits per heavy atom. The Morgan fingerprint density at radius 1 is 1.40 bits per heavy atom. The van der Waals surface area contributed by atoms with Crippen molar-refractivity contribution in [2.24, 2.45) is 0 Å². The molecule has 0 amide bonds. The number of ether oxygens (including phenoxy) is 1. The van der Waals surface area contributed by atoms with Crippen LogP contribution in [-0.2, 0) is 9.53 Å². The molecule has 0 radical (unpaired) electrons. The highest BCUT2D eigenvalue weighted by atomic mass is 35.5. The third kappa shape index (κ3) is 4.47. The van der Waals surface area contributed by atoms with Crippen molar-refractivity contribution in [1.82, 2.24) is 0 Å². The zero-order valence-electron chi connectivity index (χ0n) is 8.31. The number of benzene rings is 1. The number of carbonyl (C=O) groups is 1. The van der Waals surface area contributed by atoms with Crippen LogP contribution in [0.5, 0.6) is 0 Å². The van der Waals surface area contributed by atoms with Gasteiger partial charge in [0.15, 0.2) is 0 Å². The third-order valence-corrected chi connectivity index (χ3v) is 1.92. The fraction of sp³-hybridized carbons (Fsp3) is 0.0833. The summed E-state index contributed by atoms with van der Waals surface area (Å²) in [6.45, 7) is 0. The first kappa shape index (κ1) is 11.5. The fourth-order valence-electron chi connectivity index (χ4n) is 0.979. The zero-order valence-corrected chi connectivity index (χ0v) is 9.07. The molecule has 1 aromatic rings. The average molecular weight is 223 g/mol. The molecule has 1 aromatic carbocycles. The van der Waals surface area contributed by atoms with Gasteiger partial charge in [0.2, 0.25) is 0 Å². The minimum atomic E-state index is -0.370. The number of rotatable bonds is 3. The zero-order chi connectivity index (χ0) is 11.1. The van der Waals surface area contributed by atoms with Crippen LogP contribution in [0, 0.1) is 0 Å². The lowest BCUT2D eigenvalue weighted by Crippen LogP contribution is -1.92. The van der Waals surface area contributed by atoms with Gasteiger partial charge >= 0.3 is 5.97 Å².